The Balaban J connectivity index is 2.76. The van der Waals surface area contributed by atoms with E-state index in [0.29, 0.717) is 6.61 Å². The number of fused-ring (bicyclic) bond motifs is 1. The number of hydrogen-bond acceptors (Lipinski definition) is 3. The van der Waals surface area contributed by atoms with Crippen molar-refractivity contribution >= 4 is 32.5 Å². The Morgan fingerprint density at radius 2 is 2.19 bits per heavy atom. The molecule has 0 bridgehead atoms. The molecule has 0 fully saturated rings. The lowest BCUT2D eigenvalue weighted by Crippen LogP contribution is -1.98. The number of halogens is 1. The number of pyridine rings is 1. The number of nitrogens with two attached hydrogens (primary N) is 1. The zero-order valence-corrected chi connectivity index (χ0v) is 10.8. The van der Waals surface area contributed by atoms with Gasteiger partial charge in [-0.2, -0.15) is 0 Å². The van der Waals surface area contributed by atoms with Gasteiger partial charge in [0, 0.05) is 22.7 Å². The van der Waals surface area contributed by atoms with E-state index in [4.69, 9.17) is 10.5 Å². The number of aromatic nitrogens is 1. The Morgan fingerprint density at radius 1 is 1.44 bits per heavy atom. The maximum atomic E-state index is 6.03. The van der Waals surface area contributed by atoms with Crippen molar-refractivity contribution in [2.24, 2.45) is 0 Å². The van der Waals surface area contributed by atoms with Crippen molar-refractivity contribution in [1.82, 2.24) is 4.98 Å². The third-order valence-electron chi connectivity index (χ3n) is 2.49. The molecule has 0 unspecified atom stereocenters. The summed E-state index contributed by atoms with van der Waals surface area (Å²) >= 11 is 3.49. The van der Waals surface area contributed by atoms with Crippen LogP contribution in [0.4, 0.5) is 5.69 Å². The molecule has 0 atom stereocenters. The monoisotopic (exact) mass is 280 g/mol. The van der Waals surface area contributed by atoms with Gasteiger partial charge < -0.3 is 10.5 Å². The van der Waals surface area contributed by atoms with Gasteiger partial charge in [0.1, 0.15) is 0 Å². The Labute approximate surface area is 103 Å². The molecule has 16 heavy (non-hydrogen) atoms. The Morgan fingerprint density at radius 3 is 2.88 bits per heavy atom. The van der Waals surface area contributed by atoms with Crippen LogP contribution in [-0.2, 0) is 11.3 Å². The molecule has 2 N–H and O–H groups in total. The van der Waals surface area contributed by atoms with Crippen LogP contribution in [-0.4, -0.2) is 12.1 Å². The summed E-state index contributed by atoms with van der Waals surface area (Å²) in [5.41, 5.74) is 9.66. The average molecular weight is 281 g/mol. The summed E-state index contributed by atoms with van der Waals surface area (Å²) in [5.74, 6) is 0. The summed E-state index contributed by atoms with van der Waals surface area (Å²) in [7, 11) is 1.65. The van der Waals surface area contributed by atoms with Crippen molar-refractivity contribution in [2.45, 2.75) is 13.5 Å². The summed E-state index contributed by atoms with van der Waals surface area (Å²) in [6.07, 6.45) is 0. The number of rotatable bonds is 2. The Hall–Kier alpha value is -1.13. The lowest BCUT2D eigenvalue weighted by Gasteiger charge is -2.09. The van der Waals surface area contributed by atoms with Gasteiger partial charge in [-0.15, -0.1) is 0 Å². The molecule has 0 aliphatic rings. The lowest BCUT2D eigenvalue weighted by molar-refractivity contribution is 0.182. The predicted octanol–water partition coefficient (Wildman–Crippen LogP) is 3.03. The molecule has 84 valence electrons. The second-order valence-corrected chi connectivity index (χ2v) is 4.58. The number of nitrogens with zero attached hydrogens (tertiary/aromatic N) is 1. The first-order valence-electron chi connectivity index (χ1n) is 4.96. The summed E-state index contributed by atoms with van der Waals surface area (Å²) in [5, 5.41) is 0.972. The molecule has 0 saturated heterocycles. The zero-order chi connectivity index (χ0) is 11.7. The fraction of sp³-hybridized carbons (Fsp3) is 0.250. The SMILES string of the molecule is COCc1cc(N)c2c(Br)ccc(C)c2n1. The normalized spacial score (nSPS) is 10.9. The third-order valence-corrected chi connectivity index (χ3v) is 3.15. The fourth-order valence-electron chi connectivity index (χ4n) is 1.74. The van der Waals surface area contributed by atoms with E-state index < -0.39 is 0 Å². The van der Waals surface area contributed by atoms with Crippen LogP contribution in [0.3, 0.4) is 0 Å². The second-order valence-electron chi connectivity index (χ2n) is 3.72. The van der Waals surface area contributed by atoms with E-state index in [9.17, 15) is 0 Å². The highest BCUT2D eigenvalue weighted by atomic mass is 79.9. The first-order chi connectivity index (χ1) is 7.63. The van der Waals surface area contributed by atoms with E-state index in [1.807, 2.05) is 25.1 Å². The predicted molar refractivity (Wildman–Crippen MR) is 69.3 cm³/mol. The van der Waals surface area contributed by atoms with Crippen molar-refractivity contribution in [3.8, 4) is 0 Å². The van der Waals surface area contributed by atoms with Gasteiger partial charge in [-0.05, 0) is 24.6 Å². The highest BCUT2D eigenvalue weighted by molar-refractivity contribution is 9.10. The van der Waals surface area contributed by atoms with Gasteiger partial charge in [0.15, 0.2) is 0 Å². The first-order valence-corrected chi connectivity index (χ1v) is 5.76. The van der Waals surface area contributed by atoms with Gasteiger partial charge in [0.25, 0.3) is 0 Å². The smallest absolute Gasteiger partial charge is 0.0885 e. The largest absolute Gasteiger partial charge is 0.398 e. The third kappa shape index (κ3) is 1.90. The molecule has 1 heterocycles. The van der Waals surface area contributed by atoms with E-state index >= 15 is 0 Å². The van der Waals surface area contributed by atoms with Crippen LogP contribution in [0.1, 0.15) is 11.3 Å². The minimum atomic E-state index is 0.478. The van der Waals surface area contributed by atoms with Gasteiger partial charge in [0.2, 0.25) is 0 Å². The van der Waals surface area contributed by atoms with Gasteiger partial charge in [-0.25, -0.2) is 4.98 Å². The lowest BCUT2D eigenvalue weighted by atomic mass is 10.1. The maximum absolute atomic E-state index is 6.03. The minimum Gasteiger partial charge on any atom is -0.398 e. The second kappa shape index (κ2) is 4.39. The molecule has 0 spiro atoms. The van der Waals surface area contributed by atoms with Crippen molar-refractivity contribution in [1.29, 1.82) is 0 Å². The van der Waals surface area contributed by atoms with Crippen LogP contribution in [0.5, 0.6) is 0 Å². The van der Waals surface area contributed by atoms with E-state index in [1.54, 1.807) is 7.11 Å². The van der Waals surface area contributed by atoms with Crippen LogP contribution in [0.2, 0.25) is 0 Å². The maximum Gasteiger partial charge on any atom is 0.0885 e. The highest BCUT2D eigenvalue weighted by Gasteiger charge is 2.08. The number of ether oxygens (including phenoxy) is 1. The van der Waals surface area contributed by atoms with Gasteiger partial charge in [-0.1, -0.05) is 22.0 Å². The molecule has 3 nitrogen and oxygen atoms in total. The van der Waals surface area contributed by atoms with Gasteiger partial charge in [0.05, 0.1) is 17.8 Å². The van der Waals surface area contributed by atoms with Crippen molar-refractivity contribution in [3.63, 3.8) is 0 Å². The zero-order valence-electron chi connectivity index (χ0n) is 9.25. The molecule has 0 aliphatic heterocycles. The molecule has 1 aromatic carbocycles. The van der Waals surface area contributed by atoms with Crippen molar-refractivity contribution < 1.29 is 4.74 Å². The fourth-order valence-corrected chi connectivity index (χ4v) is 2.29. The highest BCUT2D eigenvalue weighted by Crippen LogP contribution is 2.30. The number of methoxy groups -OCH3 is 1. The summed E-state index contributed by atoms with van der Waals surface area (Å²) in [6.45, 7) is 2.50. The van der Waals surface area contributed by atoms with Crippen molar-refractivity contribution in [3.05, 3.63) is 33.9 Å². The van der Waals surface area contributed by atoms with Crippen LogP contribution >= 0.6 is 15.9 Å². The molecule has 4 heteroatoms. The molecule has 1 aromatic heterocycles. The van der Waals surface area contributed by atoms with Crippen LogP contribution < -0.4 is 5.73 Å². The topological polar surface area (TPSA) is 48.1 Å². The standard InChI is InChI=1S/C12H13BrN2O/c1-7-3-4-9(13)11-10(14)5-8(6-16-2)15-12(7)11/h3-5H,6H2,1-2H3,(H2,14,15). The van der Waals surface area contributed by atoms with Crippen molar-refractivity contribution in [2.75, 3.05) is 12.8 Å². The molecule has 0 amide bonds. The average Bonchev–Trinajstić information content (AvgIpc) is 2.23. The summed E-state index contributed by atoms with van der Waals surface area (Å²) < 4.78 is 6.05. The summed E-state index contributed by atoms with van der Waals surface area (Å²) in [6, 6.07) is 5.87. The number of benzene rings is 1. The molecular formula is C12H13BrN2O. The molecule has 0 saturated carbocycles. The van der Waals surface area contributed by atoms with Gasteiger partial charge >= 0.3 is 0 Å². The number of aryl methyl sites for hydroxylation is 1. The molecule has 2 rings (SSSR count). The van der Waals surface area contributed by atoms with E-state index in [2.05, 4.69) is 20.9 Å². The minimum absolute atomic E-state index is 0.478. The quantitative estimate of drug-likeness (QED) is 0.920. The summed E-state index contributed by atoms with van der Waals surface area (Å²) in [4.78, 5) is 4.55. The van der Waals surface area contributed by atoms with Crippen LogP contribution in [0.15, 0.2) is 22.7 Å². The molecule has 0 radical (unpaired) electrons. The Kier molecular flexibility index (Phi) is 3.12. The number of anilines is 1. The van der Waals surface area contributed by atoms with E-state index in [-0.39, 0.29) is 0 Å². The van der Waals surface area contributed by atoms with E-state index in [1.165, 1.54) is 0 Å². The van der Waals surface area contributed by atoms with E-state index in [0.717, 1.165) is 32.3 Å². The molecule has 2 aromatic rings. The van der Waals surface area contributed by atoms with Gasteiger partial charge in [-0.3, -0.25) is 0 Å². The first kappa shape index (κ1) is 11.4. The number of hydrogen-bond donors (Lipinski definition) is 1. The number of nitrogen functional groups attached to an aromatic ring is 1. The Bertz CT molecular complexity index is 540. The van der Waals surface area contributed by atoms with Crippen LogP contribution in [0, 0.1) is 6.92 Å². The molecule has 0 aliphatic carbocycles. The van der Waals surface area contributed by atoms with Crippen LogP contribution in [0.25, 0.3) is 10.9 Å². The molecular weight excluding hydrogens is 268 g/mol.